The number of ether oxygens (including phenoxy) is 1. The van der Waals surface area contributed by atoms with Crippen LogP contribution in [0.3, 0.4) is 0 Å². The molecule has 1 aromatic rings. The van der Waals surface area contributed by atoms with E-state index >= 15 is 0 Å². The fourth-order valence-corrected chi connectivity index (χ4v) is 7.56. The number of aromatic nitrogens is 2. The van der Waals surface area contributed by atoms with Gasteiger partial charge in [-0.1, -0.05) is 0 Å². The third-order valence-electron chi connectivity index (χ3n) is 8.57. The normalized spacial score (nSPS) is 35.0. The van der Waals surface area contributed by atoms with Gasteiger partial charge in [-0.05, 0) is 67.8 Å². The van der Waals surface area contributed by atoms with Gasteiger partial charge >= 0.3 is 0 Å². The summed E-state index contributed by atoms with van der Waals surface area (Å²) in [5.74, 6) is 4.90. The molecule has 6 aliphatic rings. The van der Waals surface area contributed by atoms with E-state index in [9.17, 15) is 4.79 Å². The molecule has 31 heavy (non-hydrogen) atoms. The Morgan fingerprint density at radius 2 is 1.58 bits per heavy atom. The Labute approximate surface area is 185 Å². The van der Waals surface area contributed by atoms with Crippen molar-refractivity contribution >= 4 is 17.7 Å². The smallest absolute Gasteiger partial charge is 0.227 e. The van der Waals surface area contributed by atoms with E-state index in [-0.39, 0.29) is 0 Å². The molecule has 0 N–H and O–H groups in total. The Morgan fingerprint density at radius 1 is 0.935 bits per heavy atom. The number of amides is 1. The SMILES string of the molecule is O=C(CC12CC3CC(CC(C3)C1)C2)N1CCN(c2ccnc(N3CCOCC3)n2)CC1. The number of anilines is 2. The number of nitrogens with zero attached hydrogens (tertiary/aromatic N) is 5. The summed E-state index contributed by atoms with van der Waals surface area (Å²) < 4.78 is 5.44. The van der Waals surface area contributed by atoms with E-state index in [0.29, 0.717) is 11.3 Å². The first-order valence-electron chi connectivity index (χ1n) is 12.3. The summed E-state index contributed by atoms with van der Waals surface area (Å²) in [4.78, 5) is 29.2. The number of piperazine rings is 1. The van der Waals surface area contributed by atoms with Crippen molar-refractivity contribution in [2.75, 3.05) is 62.3 Å². The van der Waals surface area contributed by atoms with Crippen LogP contribution in [0, 0.1) is 23.2 Å². The lowest BCUT2D eigenvalue weighted by atomic mass is 9.49. The minimum atomic E-state index is 0.336. The summed E-state index contributed by atoms with van der Waals surface area (Å²) in [6, 6.07) is 2.00. The molecule has 0 atom stereocenters. The molecule has 7 heteroatoms. The molecule has 0 unspecified atom stereocenters. The Kier molecular flexibility index (Phi) is 5.04. The number of hydrogen-bond acceptors (Lipinski definition) is 6. The maximum Gasteiger partial charge on any atom is 0.227 e. The zero-order valence-corrected chi connectivity index (χ0v) is 18.5. The van der Waals surface area contributed by atoms with Gasteiger partial charge in [0.25, 0.3) is 0 Å². The Hall–Kier alpha value is -1.89. The van der Waals surface area contributed by atoms with Crippen LogP contribution in [-0.4, -0.2) is 73.3 Å². The molecule has 4 saturated carbocycles. The van der Waals surface area contributed by atoms with Gasteiger partial charge in [0.15, 0.2) is 0 Å². The Bertz CT molecular complexity index is 781. The van der Waals surface area contributed by atoms with Crippen molar-refractivity contribution in [2.45, 2.75) is 44.9 Å². The summed E-state index contributed by atoms with van der Waals surface area (Å²) in [5, 5.41) is 0. The lowest BCUT2D eigenvalue weighted by Gasteiger charge is -2.57. The van der Waals surface area contributed by atoms with E-state index in [0.717, 1.165) is 88.4 Å². The van der Waals surface area contributed by atoms with Crippen molar-refractivity contribution in [3.63, 3.8) is 0 Å². The monoisotopic (exact) mass is 425 g/mol. The molecule has 168 valence electrons. The van der Waals surface area contributed by atoms with Crippen LogP contribution >= 0.6 is 0 Å². The summed E-state index contributed by atoms with van der Waals surface area (Å²) >= 11 is 0. The van der Waals surface area contributed by atoms with E-state index in [1.54, 1.807) is 0 Å². The van der Waals surface area contributed by atoms with Crippen LogP contribution in [0.1, 0.15) is 44.9 Å². The number of carbonyl (C=O) groups excluding carboxylic acids is 1. The highest BCUT2D eigenvalue weighted by Crippen LogP contribution is 2.61. The van der Waals surface area contributed by atoms with Gasteiger partial charge in [-0.3, -0.25) is 4.79 Å². The van der Waals surface area contributed by atoms with Crippen LogP contribution in [0.15, 0.2) is 12.3 Å². The van der Waals surface area contributed by atoms with Crippen LogP contribution in [-0.2, 0) is 9.53 Å². The van der Waals surface area contributed by atoms with Gasteiger partial charge in [0.1, 0.15) is 5.82 Å². The van der Waals surface area contributed by atoms with Crippen molar-refractivity contribution in [1.29, 1.82) is 0 Å². The molecule has 0 aromatic carbocycles. The zero-order chi connectivity index (χ0) is 20.8. The number of morpholine rings is 1. The lowest BCUT2D eigenvalue weighted by Crippen LogP contribution is -2.52. The van der Waals surface area contributed by atoms with Crippen LogP contribution in [0.5, 0.6) is 0 Å². The molecule has 1 amide bonds. The summed E-state index contributed by atoms with van der Waals surface area (Å²) in [7, 11) is 0. The molecule has 6 fully saturated rings. The molecule has 1 aromatic heterocycles. The maximum atomic E-state index is 13.2. The molecular weight excluding hydrogens is 390 g/mol. The average Bonchev–Trinajstić information content (AvgIpc) is 2.79. The largest absolute Gasteiger partial charge is 0.378 e. The maximum absolute atomic E-state index is 13.2. The second-order valence-electron chi connectivity index (χ2n) is 10.8. The second-order valence-corrected chi connectivity index (χ2v) is 10.8. The molecule has 2 aliphatic heterocycles. The van der Waals surface area contributed by atoms with Crippen LogP contribution in [0.2, 0.25) is 0 Å². The van der Waals surface area contributed by atoms with Gasteiger partial charge in [-0.25, -0.2) is 4.98 Å². The fourth-order valence-electron chi connectivity index (χ4n) is 7.56. The van der Waals surface area contributed by atoms with Gasteiger partial charge in [0.2, 0.25) is 11.9 Å². The van der Waals surface area contributed by atoms with Crippen molar-refractivity contribution in [2.24, 2.45) is 23.2 Å². The van der Waals surface area contributed by atoms with E-state index < -0.39 is 0 Å². The first kappa shape index (κ1) is 19.8. The van der Waals surface area contributed by atoms with Gasteiger partial charge in [-0.2, -0.15) is 4.98 Å². The first-order valence-corrected chi connectivity index (χ1v) is 12.3. The third kappa shape index (κ3) is 3.90. The lowest BCUT2D eigenvalue weighted by molar-refractivity contribution is -0.139. The third-order valence-corrected chi connectivity index (χ3v) is 8.57. The van der Waals surface area contributed by atoms with E-state index in [1.807, 2.05) is 12.3 Å². The van der Waals surface area contributed by atoms with Crippen molar-refractivity contribution < 1.29 is 9.53 Å². The highest BCUT2D eigenvalue weighted by Gasteiger charge is 2.51. The number of hydrogen-bond donors (Lipinski definition) is 0. The van der Waals surface area contributed by atoms with Crippen LogP contribution < -0.4 is 9.80 Å². The Balaban J connectivity index is 1.06. The molecule has 2 saturated heterocycles. The van der Waals surface area contributed by atoms with Crippen molar-refractivity contribution in [1.82, 2.24) is 14.9 Å². The highest BCUT2D eigenvalue weighted by atomic mass is 16.5. The van der Waals surface area contributed by atoms with Crippen LogP contribution in [0.25, 0.3) is 0 Å². The fraction of sp³-hybridized carbons (Fsp3) is 0.792. The predicted octanol–water partition coefficient (Wildman–Crippen LogP) is 2.57. The van der Waals surface area contributed by atoms with Gasteiger partial charge < -0.3 is 19.4 Å². The average molecular weight is 426 g/mol. The molecule has 0 spiro atoms. The summed E-state index contributed by atoms with van der Waals surface area (Å²) in [6.07, 6.45) is 10.9. The highest BCUT2D eigenvalue weighted by molar-refractivity contribution is 5.77. The molecule has 0 radical (unpaired) electrons. The van der Waals surface area contributed by atoms with Crippen molar-refractivity contribution in [3.05, 3.63) is 12.3 Å². The quantitative estimate of drug-likeness (QED) is 0.739. The van der Waals surface area contributed by atoms with E-state index in [4.69, 9.17) is 9.72 Å². The molecule has 7 rings (SSSR count). The predicted molar refractivity (Wildman–Crippen MR) is 119 cm³/mol. The Morgan fingerprint density at radius 3 is 2.23 bits per heavy atom. The number of rotatable bonds is 4. The topological polar surface area (TPSA) is 61.8 Å². The van der Waals surface area contributed by atoms with Crippen LogP contribution in [0.4, 0.5) is 11.8 Å². The van der Waals surface area contributed by atoms with E-state index in [2.05, 4.69) is 19.7 Å². The number of carbonyl (C=O) groups is 1. The molecular formula is C24H35N5O2. The minimum Gasteiger partial charge on any atom is -0.378 e. The zero-order valence-electron chi connectivity index (χ0n) is 18.5. The molecule has 4 aliphatic carbocycles. The van der Waals surface area contributed by atoms with Gasteiger partial charge in [0, 0.05) is 51.9 Å². The minimum absolute atomic E-state index is 0.336. The standard InChI is InChI=1S/C24H35N5O2/c30-22(17-24-14-18-11-19(15-24)13-20(12-18)16-24)28-5-3-27(4-6-28)21-1-2-25-23(26-21)29-7-9-31-10-8-29/h1-2,18-20H,3-17H2. The molecule has 4 bridgehead atoms. The molecule has 7 nitrogen and oxygen atoms in total. The van der Waals surface area contributed by atoms with Gasteiger partial charge in [-0.15, -0.1) is 0 Å². The summed E-state index contributed by atoms with van der Waals surface area (Å²) in [6.45, 7) is 6.48. The first-order chi connectivity index (χ1) is 15.2. The molecule has 3 heterocycles. The summed E-state index contributed by atoms with van der Waals surface area (Å²) in [5.41, 5.74) is 0.336. The van der Waals surface area contributed by atoms with E-state index in [1.165, 1.54) is 38.5 Å². The van der Waals surface area contributed by atoms with Crippen molar-refractivity contribution in [3.8, 4) is 0 Å². The van der Waals surface area contributed by atoms with Gasteiger partial charge in [0.05, 0.1) is 13.2 Å². The second kappa shape index (κ2) is 7.91.